The maximum Gasteiger partial charge on any atom is 0.338 e. The van der Waals surface area contributed by atoms with Gasteiger partial charge in [-0.15, -0.1) is 0 Å². The summed E-state index contributed by atoms with van der Waals surface area (Å²) in [6.07, 6.45) is 0.924. The lowest BCUT2D eigenvalue weighted by atomic mass is 10.1. The number of carbonyl (C=O) groups excluding carboxylic acids is 2. The van der Waals surface area contributed by atoms with Gasteiger partial charge in [-0.25, -0.2) is 4.79 Å². The fourth-order valence-electron chi connectivity index (χ4n) is 3.20. The number of anilines is 1. The number of ether oxygens (including phenoxy) is 2. The Morgan fingerprint density at radius 2 is 1.52 bits per heavy atom. The summed E-state index contributed by atoms with van der Waals surface area (Å²) in [7, 11) is 0. The smallest absolute Gasteiger partial charge is 0.338 e. The van der Waals surface area contributed by atoms with Crippen molar-refractivity contribution in [2.45, 2.75) is 26.8 Å². The number of hydrogen-bond acceptors (Lipinski definition) is 4. The van der Waals surface area contributed by atoms with Gasteiger partial charge in [-0.2, -0.15) is 0 Å². The van der Waals surface area contributed by atoms with Gasteiger partial charge in [0.15, 0.2) is 6.61 Å². The second kappa shape index (κ2) is 11.7. The van der Waals surface area contributed by atoms with Crippen LogP contribution in [0, 0.1) is 0 Å². The molecule has 0 aliphatic rings. The summed E-state index contributed by atoms with van der Waals surface area (Å²) in [6, 6.07) is 19.4. The van der Waals surface area contributed by atoms with E-state index in [2.05, 4.69) is 6.92 Å². The lowest BCUT2D eigenvalue weighted by Gasteiger charge is -2.24. The molecule has 0 atom stereocenters. The molecule has 0 unspecified atom stereocenters. The molecule has 5 nitrogen and oxygen atoms in total. The van der Waals surface area contributed by atoms with Gasteiger partial charge in [0.25, 0.3) is 5.91 Å². The first-order chi connectivity index (χ1) is 15.9. The van der Waals surface area contributed by atoms with Crippen LogP contribution in [-0.4, -0.2) is 25.1 Å². The van der Waals surface area contributed by atoms with Gasteiger partial charge in [0.1, 0.15) is 5.75 Å². The van der Waals surface area contributed by atoms with Crippen molar-refractivity contribution in [3.8, 4) is 5.75 Å². The first-order valence-corrected chi connectivity index (χ1v) is 11.4. The number of halogens is 2. The molecule has 0 radical (unpaired) electrons. The molecular formula is C26H25Cl2NO4. The average molecular weight is 486 g/mol. The zero-order valence-corrected chi connectivity index (χ0v) is 20.0. The van der Waals surface area contributed by atoms with E-state index in [1.165, 1.54) is 10.5 Å². The van der Waals surface area contributed by atoms with Crippen molar-refractivity contribution in [1.82, 2.24) is 0 Å². The second-order valence-corrected chi connectivity index (χ2v) is 8.05. The number of nitrogens with zero attached hydrogens (tertiary/aromatic N) is 1. The zero-order valence-electron chi connectivity index (χ0n) is 18.5. The van der Waals surface area contributed by atoms with E-state index in [0.29, 0.717) is 32.6 Å². The maximum absolute atomic E-state index is 13.2. The Morgan fingerprint density at radius 3 is 2.09 bits per heavy atom. The van der Waals surface area contributed by atoms with E-state index in [1.54, 1.807) is 49.4 Å². The highest BCUT2D eigenvalue weighted by atomic mass is 35.5. The molecule has 172 valence electrons. The predicted octanol–water partition coefficient (Wildman–Crippen LogP) is 6.34. The molecule has 0 saturated heterocycles. The van der Waals surface area contributed by atoms with Gasteiger partial charge in [0.05, 0.1) is 18.7 Å². The Morgan fingerprint density at radius 1 is 0.879 bits per heavy atom. The molecule has 0 heterocycles. The molecule has 0 spiro atoms. The van der Waals surface area contributed by atoms with Crippen LogP contribution >= 0.6 is 23.2 Å². The van der Waals surface area contributed by atoms with Gasteiger partial charge < -0.3 is 14.4 Å². The summed E-state index contributed by atoms with van der Waals surface area (Å²) in [6.45, 7) is 4.08. The predicted molar refractivity (Wildman–Crippen MR) is 131 cm³/mol. The quantitative estimate of drug-likeness (QED) is 0.331. The molecule has 1 amide bonds. The minimum absolute atomic E-state index is 0.147. The number of aryl methyl sites for hydroxylation is 1. The lowest BCUT2D eigenvalue weighted by molar-refractivity contribution is -0.120. The van der Waals surface area contributed by atoms with Crippen LogP contribution in [-0.2, 0) is 22.5 Å². The molecule has 7 heteroatoms. The monoisotopic (exact) mass is 485 g/mol. The molecule has 3 rings (SSSR count). The second-order valence-electron chi connectivity index (χ2n) is 7.23. The van der Waals surface area contributed by atoms with Gasteiger partial charge in [-0.05, 0) is 67.4 Å². The number of benzene rings is 3. The van der Waals surface area contributed by atoms with Crippen LogP contribution in [0.15, 0.2) is 66.7 Å². The molecular weight excluding hydrogens is 461 g/mol. The molecule has 0 bridgehead atoms. The normalized spacial score (nSPS) is 10.5. The van der Waals surface area contributed by atoms with Crippen molar-refractivity contribution in [3.05, 3.63) is 93.5 Å². The van der Waals surface area contributed by atoms with E-state index < -0.39 is 5.97 Å². The van der Waals surface area contributed by atoms with Gasteiger partial charge in [-0.1, -0.05) is 48.3 Å². The van der Waals surface area contributed by atoms with E-state index in [1.807, 2.05) is 24.3 Å². The number of carbonyl (C=O) groups is 2. The topological polar surface area (TPSA) is 55.8 Å². The highest BCUT2D eigenvalue weighted by Gasteiger charge is 2.20. The van der Waals surface area contributed by atoms with Gasteiger partial charge in [0.2, 0.25) is 0 Å². The zero-order chi connectivity index (χ0) is 23.8. The third kappa shape index (κ3) is 6.50. The van der Waals surface area contributed by atoms with Gasteiger partial charge in [-0.3, -0.25) is 4.79 Å². The molecule has 33 heavy (non-hydrogen) atoms. The van der Waals surface area contributed by atoms with Gasteiger partial charge >= 0.3 is 5.97 Å². The number of esters is 1. The molecule has 0 saturated carbocycles. The summed E-state index contributed by atoms with van der Waals surface area (Å²) in [5.74, 6) is -0.0988. The molecule has 0 N–H and O–H groups in total. The van der Waals surface area contributed by atoms with Crippen molar-refractivity contribution in [2.75, 3.05) is 18.1 Å². The lowest BCUT2D eigenvalue weighted by Crippen LogP contribution is -2.34. The largest absolute Gasteiger partial charge is 0.484 e. The highest BCUT2D eigenvalue weighted by Crippen LogP contribution is 2.28. The molecule has 0 aliphatic carbocycles. The van der Waals surface area contributed by atoms with E-state index >= 15 is 0 Å². The summed E-state index contributed by atoms with van der Waals surface area (Å²) in [5, 5.41) is 0.916. The fraction of sp³-hybridized carbons (Fsp3) is 0.231. The van der Waals surface area contributed by atoms with Crippen LogP contribution < -0.4 is 9.64 Å². The number of hydrogen-bond donors (Lipinski definition) is 0. The van der Waals surface area contributed by atoms with Gasteiger partial charge in [0, 0.05) is 21.3 Å². The third-order valence-corrected chi connectivity index (χ3v) is 5.77. The average Bonchev–Trinajstić information content (AvgIpc) is 2.83. The van der Waals surface area contributed by atoms with Crippen molar-refractivity contribution >= 4 is 40.8 Å². The molecule has 0 aromatic heterocycles. The summed E-state index contributed by atoms with van der Waals surface area (Å²) < 4.78 is 10.8. The van der Waals surface area contributed by atoms with Crippen molar-refractivity contribution in [3.63, 3.8) is 0 Å². The molecule has 3 aromatic rings. The van der Waals surface area contributed by atoms with Crippen LogP contribution in [0.4, 0.5) is 5.69 Å². The number of amides is 1. The molecule has 0 fully saturated rings. The minimum Gasteiger partial charge on any atom is -0.484 e. The Labute approximate surface area is 203 Å². The summed E-state index contributed by atoms with van der Waals surface area (Å²) in [5.41, 5.74) is 2.78. The molecule has 3 aromatic carbocycles. The van der Waals surface area contributed by atoms with Crippen LogP contribution in [0.2, 0.25) is 10.0 Å². The van der Waals surface area contributed by atoms with E-state index in [4.69, 9.17) is 32.7 Å². The standard InChI is InChI=1S/C26H25Cl2NO4/c1-3-18-8-14-21(15-9-18)33-17-25(30)29(16-22-23(27)6-5-7-24(22)28)20-12-10-19(11-13-20)26(31)32-4-2/h5-15H,3-4,16-17H2,1-2H3. The Hall–Kier alpha value is -3.02. The first kappa shape index (κ1) is 24.6. The Bertz CT molecular complexity index is 1080. The first-order valence-electron chi connectivity index (χ1n) is 10.6. The van der Waals surface area contributed by atoms with E-state index in [9.17, 15) is 9.59 Å². The van der Waals surface area contributed by atoms with Crippen LogP contribution in [0.3, 0.4) is 0 Å². The van der Waals surface area contributed by atoms with Crippen LogP contribution in [0.25, 0.3) is 0 Å². The summed E-state index contributed by atoms with van der Waals surface area (Å²) in [4.78, 5) is 26.7. The third-order valence-electron chi connectivity index (χ3n) is 5.06. The van der Waals surface area contributed by atoms with E-state index in [-0.39, 0.29) is 25.7 Å². The highest BCUT2D eigenvalue weighted by molar-refractivity contribution is 6.36. The summed E-state index contributed by atoms with van der Waals surface area (Å²) >= 11 is 12.7. The SMILES string of the molecule is CCOC(=O)c1ccc(N(Cc2c(Cl)cccc2Cl)C(=O)COc2ccc(CC)cc2)cc1. The van der Waals surface area contributed by atoms with Crippen LogP contribution in [0.5, 0.6) is 5.75 Å². The Balaban J connectivity index is 1.84. The van der Waals surface area contributed by atoms with Crippen LogP contribution in [0.1, 0.15) is 35.3 Å². The van der Waals surface area contributed by atoms with Crippen molar-refractivity contribution in [1.29, 1.82) is 0 Å². The molecule has 0 aliphatic heterocycles. The van der Waals surface area contributed by atoms with Crippen molar-refractivity contribution < 1.29 is 19.1 Å². The minimum atomic E-state index is -0.421. The number of rotatable bonds is 9. The fourth-order valence-corrected chi connectivity index (χ4v) is 3.72. The van der Waals surface area contributed by atoms with Crippen molar-refractivity contribution in [2.24, 2.45) is 0 Å². The Kier molecular flexibility index (Phi) is 8.75. The van der Waals surface area contributed by atoms with E-state index in [0.717, 1.165) is 6.42 Å². The maximum atomic E-state index is 13.2.